The monoisotopic (exact) mass is 309 g/mol. The van der Waals surface area contributed by atoms with E-state index in [1.807, 2.05) is 19.2 Å². The number of nitrogen functional groups attached to an aromatic ring is 2. The molecule has 0 radical (unpaired) electrons. The summed E-state index contributed by atoms with van der Waals surface area (Å²) in [4.78, 5) is 13.0. The molecule has 0 saturated carbocycles. The van der Waals surface area contributed by atoms with Crippen molar-refractivity contribution in [2.75, 3.05) is 25.6 Å². The second-order valence-electron chi connectivity index (χ2n) is 4.73. The van der Waals surface area contributed by atoms with Gasteiger partial charge in [-0.25, -0.2) is 0 Å². The summed E-state index contributed by atoms with van der Waals surface area (Å²) < 4.78 is 5.34. The maximum absolute atomic E-state index is 6.03. The van der Waals surface area contributed by atoms with Crippen LogP contribution >= 0.6 is 11.6 Å². The molecule has 0 aliphatic heterocycles. The fraction of sp³-hybridized carbons (Fsp3) is 0.308. The van der Waals surface area contributed by atoms with E-state index in [-0.39, 0.29) is 11.9 Å². The van der Waals surface area contributed by atoms with Crippen molar-refractivity contribution in [1.29, 1.82) is 0 Å². The van der Waals surface area contributed by atoms with Crippen molar-refractivity contribution in [2.45, 2.75) is 13.1 Å². The molecule has 2 rings (SSSR count). The van der Waals surface area contributed by atoms with Crippen molar-refractivity contribution in [3.05, 3.63) is 34.6 Å². The van der Waals surface area contributed by atoms with E-state index < -0.39 is 0 Å². The number of benzene rings is 1. The maximum atomic E-state index is 6.03. The molecule has 1 aromatic carbocycles. The first kappa shape index (κ1) is 15.3. The van der Waals surface area contributed by atoms with Crippen LogP contribution in [0, 0.1) is 0 Å². The molecule has 5 N–H and O–H groups in total. The zero-order valence-electron chi connectivity index (χ0n) is 11.9. The van der Waals surface area contributed by atoms with Crippen LogP contribution in [0.1, 0.15) is 11.4 Å². The number of aromatic nitrogens is 3. The van der Waals surface area contributed by atoms with Crippen molar-refractivity contribution < 1.29 is 9.64 Å². The van der Waals surface area contributed by atoms with Gasteiger partial charge in [0, 0.05) is 10.6 Å². The van der Waals surface area contributed by atoms with Gasteiger partial charge in [0.1, 0.15) is 18.8 Å². The highest BCUT2D eigenvalue weighted by molar-refractivity contribution is 6.30. The maximum Gasteiger partial charge on any atom is 0.225 e. The molecule has 1 unspecified atom stereocenters. The van der Waals surface area contributed by atoms with Crippen molar-refractivity contribution in [3.63, 3.8) is 0 Å². The summed E-state index contributed by atoms with van der Waals surface area (Å²) >= 11 is 6.03. The van der Waals surface area contributed by atoms with Crippen LogP contribution in [0.4, 0.5) is 11.9 Å². The Bertz CT molecular complexity index is 616. The lowest BCUT2D eigenvalue weighted by Gasteiger charge is -2.15. The van der Waals surface area contributed by atoms with Gasteiger partial charge in [0.15, 0.2) is 5.82 Å². The predicted molar refractivity (Wildman–Crippen MR) is 81.0 cm³/mol. The first-order chi connectivity index (χ1) is 9.97. The smallest absolute Gasteiger partial charge is 0.225 e. The Hall–Kier alpha value is -2.12. The van der Waals surface area contributed by atoms with Gasteiger partial charge < -0.3 is 21.1 Å². The summed E-state index contributed by atoms with van der Waals surface area (Å²) in [5.74, 6) is 1.61. The first-order valence-corrected chi connectivity index (χ1v) is 6.75. The van der Waals surface area contributed by atoms with Gasteiger partial charge in [-0.1, -0.05) is 11.6 Å². The molecule has 2 aromatic rings. The van der Waals surface area contributed by atoms with E-state index in [0.29, 0.717) is 23.9 Å². The van der Waals surface area contributed by atoms with Crippen LogP contribution in [0.2, 0.25) is 5.02 Å². The molecule has 112 valence electrons. The van der Waals surface area contributed by atoms with Gasteiger partial charge in [0.2, 0.25) is 11.9 Å². The molecule has 1 atom stereocenters. The summed E-state index contributed by atoms with van der Waals surface area (Å²) in [7, 11) is 3.64. The summed E-state index contributed by atoms with van der Waals surface area (Å²) in [5, 5.41) is 0.673. The van der Waals surface area contributed by atoms with Gasteiger partial charge >= 0.3 is 0 Å². The molecule has 1 heterocycles. The third kappa shape index (κ3) is 4.17. The van der Waals surface area contributed by atoms with Crippen LogP contribution in [-0.4, -0.2) is 29.1 Å². The first-order valence-electron chi connectivity index (χ1n) is 6.37. The number of rotatable bonds is 5. The minimum Gasteiger partial charge on any atom is -0.496 e. The van der Waals surface area contributed by atoms with Crippen molar-refractivity contribution in [2.24, 2.45) is 0 Å². The molecule has 21 heavy (non-hydrogen) atoms. The van der Waals surface area contributed by atoms with Crippen LogP contribution in [0.3, 0.4) is 0 Å². The Morgan fingerprint density at radius 3 is 2.43 bits per heavy atom. The normalized spacial score (nSPS) is 12.1. The van der Waals surface area contributed by atoms with Gasteiger partial charge in [-0.3, -0.25) is 0 Å². The van der Waals surface area contributed by atoms with E-state index in [1.165, 1.54) is 0 Å². The molecule has 0 aliphatic carbocycles. The molecular weight excluding hydrogens is 292 g/mol. The van der Waals surface area contributed by atoms with Crippen LogP contribution < -0.4 is 21.1 Å². The highest BCUT2D eigenvalue weighted by atomic mass is 35.5. The quantitative estimate of drug-likeness (QED) is 0.713. The van der Waals surface area contributed by atoms with E-state index in [9.17, 15) is 0 Å². The number of nitrogens with one attached hydrogen (secondary N) is 1. The Morgan fingerprint density at radius 1 is 1.14 bits per heavy atom. The van der Waals surface area contributed by atoms with E-state index >= 15 is 0 Å². The lowest BCUT2D eigenvalue weighted by atomic mass is 10.2. The van der Waals surface area contributed by atoms with Crippen LogP contribution in [0.5, 0.6) is 5.75 Å². The SMILES string of the molecule is COc1ccc(Cl)cc1C[NH+](C)Cc1nc(N)nc(N)n1. The van der Waals surface area contributed by atoms with Gasteiger partial charge in [0.05, 0.1) is 14.2 Å². The lowest BCUT2D eigenvalue weighted by Crippen LogP contribution is -3.06. The number of hydrogen-bond donors (Lipinski definition) is 3. The van der Waals surface area contributed by atoms with E-state index in [0.717, 1.165) is 16.2 Å². The number of quaternary nitrogens is 1. The fourth-order valence-corrected chi connectivity index (χ4v) is 2.27. The molecule has 0 amide bonds. The molecule has 0 fully saturated rings. The van der Waals surface area contributed by atoms with Crippen LogP contribution in [0.25, 0.3) is 0 Å². The number of nitrogens with two attached hydrogens (primary N) is 2. The zero-order valence-corrected chi connectivity index (χ0v) is 12.7. The Kier molecular flexibility index (Phi) is 4.77. The van der Waals surface area contributed by atoms with Gasteiger partial charge in [-0.05, 0) is 18.2 Å². The summed E-state index contributed by atoms with van der Waals surface area (Å²) in [6.45, 7) is 1.27. The highest BCUT2D eigenvalue weighted by Gasteiger charge is 2.13. The molecule has 1 aromatic heterocycles. The predicted octanol–water partition coefficient (Wildman–Crippen LogP) is -0.0871. The van der Waals surface area contributed by atoms with Gasteiger partial charge in [-0.2, -0.15) is 15.0 Å². The number of halogens is 1. The molecule has 0 aliphatic rings. The van der Waals surface area contributed by atoms with Crippen LogP contribution in [0.15, 0.2) is 18.2 Å². The molecule has 0 saturated heterocycles. The topological polar surface area (TPSA) is 104 Å². The molecule has 8 heteroatoms. The fourth-order valence-electron chi connectivity index (χ4n) is 2.08. The van der Waals surface area contributed by atoms with Crippen molar-refractivity contribution in [1.82, 2.24) is 15.0 Å². The lowest BCUT2D eigenvalue weighted by molar-refractivity contribution is -0.908. The second-order valence-corrected chi connectivity index (χ2v) is 5.17. The number of methoxy groups -OCH3 is 1. The Morgan fingerprint density at radius 2 is 1.81 bits per heavy atom. The standard InChI is InChI=1S/C13H17ClN6O/c1-20(7-11-17-12(15)19-13(16)18-11)6-8-5-9(14)3-4-10(8)21-2/h3-5H,6-7H2,1-2H3,(H4,15,16,17,18,19)/p+1. The Labute approximate surface area is 127 Å². The molecule has 0 spiro atoms. The van der Waals surface area contributed by atoms with Crippen molar-refractivity contribution in [3.8, 4) is 5.75 Å². The molecule has 7 nitrogen and oxygen atoms in total. The second kappa shape index (κ2) is 6.55. The number of ether oxygens (including phenoxy) is 1. The summed E-state index contributed by atoms with van der Waals surface area (Å²) in [6, 6.07) is 5.54. The average molecular weight is 310 g/mol. The van der Waals surface area contributed by atoms with E-state index in [1.54, 1.807) is 13.2 Å². The van der Waals surface area contributed by atoms with E-state index in [2.05, 4.69) is 15.0 Å². The van der Waals surface area contributed by atoms with Gasteiger partial charge in [-0.15, -0.1) is 0 Å². The largest absolute Gasteiger partial charge is 0.496 e. The number of hydrogen-bond acceptors (Lipinski definition) is 6. The third-order valence-corrected chi connectivity index (χ3v) is 3.15. The number of anilines is 2. The zero-order chi connectivity index (χ0) is 15.4. The Balaban J connectivity index is 2.11. The minimum atomic E-state index is 0.130. The average Bonchev–Trinajstić information content (AvgIpc) is 2.37. The highest BCUT2D eigenvalue weighted by Crippen LogP contribution is 2.21. The summed E-state index contributed by atoms with van der Waals surface area (Å²) in [5.41, 5.74) is 12.1. The number of nitrogens with zero attached hydrogens (tertiary/aromatic N) is 3. The van der Waals surface area contributed by atoms with E-state index in [4.69, 9.17) is 27.8 Å². The third-order valence-electron chi connectivity index (χ3n) is 2.91. The molecule has 0 bridgehead atoms. The van der Waals surface area contributed by atoms with Crippen LogP contribution in [-0.2, 0) is 13.1 Å². The van der Waals surface area contributed by atoms with Gasteiger partial charge in [0.25, 0.3) is 0 Å². The molecular formula is C13H18ClN6O+. The van der Waals surface area contributed by atoms with Crippen molar-refractivity contribution >= 4 is 23.5 Å². The minimum absolute atomic E-state index is 0.130. The summed E-state index contributed by atoms with van der Waals surface area (Å²) in [6.07, 6.45) is 0.